The summed E-state index contributed by atoms with van der Waals surface area (Å²) in [5.41, 5.74) is 1.09. The Balaban J connectivity index is 2.33. The lowest BCUT2D eigenvalue weighted by atomic mass is 10.0. The second-order valence-electron chi connectivity index (χ2n) is 5.35. The lowest BCUT2D eigenvalue weighted by Crippen LogP contribution is -2.42. The molecule has 21 heavy (non-hydrogen) atoms. The van der Waals surface area contributed by atoms with Gasteiger partial charge in [-0.3, -0.25) is 9.48 Å². The van der Waals surface area contributed by atoms with Gasteiger partial charge in [-0.25, -0.2) is 8.42 Å². The number of aromatic nitrogens is 2. The summed E-state index contributed by atoms with van der Waals surface area (Å²) in [5.74, 6) is -0.745. The van der Waals surface area contributed by atoms with Crippen LogP contribution >= 0.6 is 0 Å². The highest BCUT2D eigenvalue weighted by atomic mass is 32.2. The number of nitrogens with zero attached hydrogens (tertiary/aromatic N) is 3. The highest BCUT2D eigenvalue weighted by Crippen LogP contribution is 2.27. The number of ether oxygens (including phenoxy) is 1. The predicted molar refractivity (Wildman–Crippen MR) is 76.2 cm³/mol. The van der Waals surface area contributed by atoms with Crippen molar-refractivity contribution in [3.63, 3.8) is 0 Å². The maximum Gasteiger partial charge on any atom is 0.309 e. The normalized spacial score (nSPS) is 20.5. The third-order valence-electron chi connectivity index (χ3n) is 3.96. The molecule has 1 aromatic rings. The molecule has 8 heteroatoms. The maximum atomic E-state index is 12.8. The lowest BCUT2D eigenvalue weighted by molar-refractivity contribution is -0.146. The summed E-state index contributed by atoms with van der Waals surface area (Å²) in [5, 5.41) is 4.16. The smallest absolute Gasteiger partial charge is 0.309 e. The molecule has 118 valence electrons. The Morgan fingerprint density at radius 3 is 2.57 bits per heavy atom. The van der Waals surface area contributed by atoms with Gasteiger partial charge in [-0.2, -0.15) is 9.40 Å². The third kappa shape index (κ3) is 2.82. The Bertz CT molecular complexity index is 651. The van der Waals surface area contributed by atoms with Gasteiger partial charge in [-0.05, 0) is 26.7 Å². The van der Waals surface area contributed by atoms with Gasteiger partial charge < -0.3 is 4.74 Å². The fourth-order valence-corrected chi connectivity index (χ4v) is 4.70. The SMILES string of the molecule is COC(=O)[C@@H]1CCCN(S(=O)(=O)c2c(C)nn(C)c2C)C1. The Morgan fingerprint density at radius 2 is 2.05 bits per heavy atom. The monoisotopic (exact) mass is 315 g/mol. The summed E-state index contributed by atoms with van der Waals surface area (Å²) in [6.07, 6.45) is 1.31. The van der Waals surface area contributed by atoms with E-state index in [1.54, 1.807) is 25.6 Å². The van der Waals surface area contributed by atoms with Crippen LogP contribution in [0, 0.1) is 19.8 Å². The van der Waals surface area contributed by atoms with E-state index in [2.05, 4.69) is 5.10 Å². The zero-order chi connectivity index (χ0) is 15.8. The maximum absolute atomic E-state index is 12.8. The minimum absolute atomic E-state index is 0.169. The van der Waals surface area contributed by atoms with Crippen molar-refractivity contribution >= 4 is 16.0 Å². The first kappa shape index (κ1) is 16.0. The molecule has 1 aliphatic heterocycles. The van der Waals surface area contributed by atoms with Crippen molar-refractivity contribution in [1.29, 1.82) is 0 Å². The molecular formula is C13H21N3O4S. The molecule has 1 saturated heterocycles. The summed E-state index contributed by atoms with van der Waals surface area (Å²) < 4.78 is 33.3. The average Bonchev–Trinajstić information content (AvgIpc) is 2.71. The summed E-state index contributed by atoms with van der Waals surface area (Å²) in [6.45, 7) is 4.00. The van der Waals surface area contributed by atoms with Crippen LogP contribution in [-0.4, -0.2) is 48.7 Å². The van der Waals surface area contributed by atoms with E-state index in [9.17, 15) is 13.2 Å². The van der Waals surface area contributed by atoms with Crippen molar-refractivity contribution in [2.24, 2.45) is 13.0 Å². The van der Waals surface area contributed by atoms with Gasteiger partial charge in [0.15, 0.2) is 0 Å². The van der Waals surface area contributed by atoms with Crippen molar-refractivity contribution in [2.45, 2.75) is 31.6 Å². The van der Waals surface area contributed by atoms with Crippen LogP contribution in [0.25, 0.3) is 0 Å². The topological polar surface area (TPSA) is 81.5 Å². The van der Waals surface area contributed by atoms with E-state index < -0.39 is 15.9 Å². The summed E-state index contributed by atoms with van der Waals surface area (Å²) in [7, 11) is -0.593. The van der Waals surface area contributed by atoms with Crippen molar-refractivity contribution < 1.29 is 17.9 Å². The van der Waals surface area contributed by atoms with Crippen LogP contribution in [-0.2, 0) is 26.6 Å². The minimum Gasteiger partial charge on any atom is -0.469 e. The summed E-state index contributed by atoms with van der Waals surface area (Å²) in [4.78, 5) is 11.9. The van der Waals surface area contributed by atoms with Crippen LogP contribution in [0.3, 0.4) is 0 Å². The number of carbonyl (C=O) groups excluding carboxylic acids is 1. The van der Waals surface area contributed by atoms with Crippen LogP contribution in [0.15, 0.2) is 4.90 Å². The van der Waals surface area contributed by atoms with Gasteiger partial charge in [0.2, 0.25) is 10.0 Å². The molecule has 0 spiro atoms. The van der Waals surface area contributed by atoms with E-state index in [1.807, 2.05) is 0 Å². The molecular weight excluding hydrogens is 294 g/mol. The zero-order valence-corrected chi connectivity index (χ0v) is 13.6. The molecule has 1 aromatic heterocycles. The Morgan fingerprint density at radius 1 is 1.38 bits per heavy atom. The highest BCUT2D eigenvalue weighted by molar-refractivity contribution is 7.89. The molecule has 7 nitrogen and oxygen atoms in total. The molecule has 0 saturated carbocycles. The number of hydrogen-bond donors (Lipinski definition) is 0. The van der Waals surface area contributed by atoms with Crippen LogP contribution in [0.4, 0.5) is 0 Å². The van der Waals surface area contributed by atoms with Crippen LogP contribution in [0.1, 0.15) is 24.2 Å². The largest absolute Gasteiger partial charge is 0.469 e. The molecule has 0 N–H and O–H groups in total. The molecule has 0 unspecified atom stereocenters. The Labute approximate surface area is 124 Å². The van der Waals surface area contributed by atoms with E-state index in [-0.39, 0.29) is 17.4 Å². The van der Waals surface area contributed by atoms with E-state index in [4.69, 9.17) is 4.74 Å². The van der Waals surface area contributed by atoms with Crippen molar-refractivity contribution in [3.05, 3.63) is 11.4 Å². The fraction of sp³-hybridized carbons (Fsp3) is 0.692. The number of aryl methyl sites for hydroxylation is 2. The molecule has 0 radical (unpaired) electrons. The standard InChI is InChI=1S/C13H21N3O4S/c1-9-12(10(2)15(3)14-9)21(18,19)16-7-5-6-11(8-16)13(17)20-4/h11H,5-8H2,1-4H3/t11-/m1/s1. The first-order valence-corrected chi connectivity index (χ1v) is 8.31. The van der Waals surface area contributed by atoms with Crippen LogP contribution in [0.2, 0.25) is 0 Å². The van der Waals surface area contributed by atoms with Crippen molar-refractivity contribution in [3.8, 4) is 0 Å². The number of carbonyl (C=O) groups is 1. The number of sulfonamides is 1. The fourth-order valence-electron chi connectivity index (χ4n) is 2.78. The van der Waals surface area contributed by atoms with Gasteiger partial charge in [0, 0.05) is 20.1 Å². The van der Waals surface area contributed by atoms with E-state index in [0.29, 0.717) is 30.8 Å². The summed E-state index contributed by atoms with van der Waals surface area (Å²) >= 11 is 0. The highest BCUT2D eigenvalue weighted by Gasteiger charge is 2.36. The average molecular weight is 315 g/mol. The van der Waals surface area contributed by atoms with Gasteiger partial charge in [-0.15, -0.1) is 0 Å². The second-order valence-corrected chi connectivity index (χ2v) is 7.22. The van der Waals surface area contributed by atoms with Gasteiger partial charge >= 0.3 is 5.97 Å². The van der Waals surface area contributed by atoms with Gasteiger partial charge in [0.1, 0.15) is 4.90 Å². The lowest BCUT2D eigenvalue weighted by Gasteiger charge is -2.30. The Kier molecular flexibility index (Phi) is 4.38. The van der Waals surface area contributed by atoms with Crippen molar-refractivity contribution in [2.75, 3.05) is 20.2 Å². The molecule has 0 bridgehead atoms. The van der Waals surface area contributed by atoms with Crippen LogP contribution in [0.5, 0.6) is 0 Å². The number of methoxy groups -OCH3 is 1. The van der Waals surface area contributed by atoms with E-state index in [1.165, 1.54) is 11.4 Å². The molecule has 0 aromatic carbocycles. The quantitative estimate of drug-likeness (QED) is 0.763. The molecule has 1 aliphatic rings. The molecule has 2 heterocycles. The van der Waals surface area contributed by atoms with Gasteiger partial charge in [0.25, 0.3) is 0 Å². The number of rotatable bonds is 3. The molecule has 2 rings (SSSR count). The molecule has 1 atom stereocenters. The van der Waals surface area contributed by atoms with Crippen molar-refractivity contribution in [1.82, 2.24) is 14.1 Å². The first-order valence-electron chi connectivity index (χ1n) is 6.87. The first-order chi connectivity index (χ1) is 9.78. The summed E-state index contributed by atoms with van der Waals surface area (Å²) in [6, 6.07) is 0. The number of piperidine rings is 1. The minimum atomic E-state index is -3.63. The second kappa shape index (κ2) is 5.76. The zero-order valence-electron chi connectivity index (χ0n) is 12.8. The van der Waals surface area contributed by atoms with E-state index >= 15 is 0 Å². The Hall–Kier alpha value is -1.41. The number of esters is 1. The molecule has 1 fully saturated rings. The number of hydrogen-bond acceptors (Lipinski definition) is 5. The van der Waals surface area contributed by atoms with E-state index in [0.717, 1.165) is 0 Å². The predicted octanol–water partition coefficient (Wildman–Crippen LogP) is 0.611. The van der Waals surface area contributed by atoms with Crippen LogP contribution < -0.4 is 0 Å². The molecule has 0 aliphatic carbocycles. The molecule has 0 amide bonds. The van der Waals surface area contributed by atoms with Gasteiger partial charge in [0.05, 0.1) is 24.4 Å². The third-order valence-corrected chi connectivity index (χ3v) is 6.08. The van der Waals surface area contributed by atoms with Gasteiger partial charge in [-0.1, -0.05) is 0 Å².